The van der Waals surface area contributed by atoms with Crippen LogP contribution in [0, 0.1) is 0 Å². The third-order valence-electron chi connectivity index (χ3n) is 3.57. The summed E-state index contributed by atoms with van der Waals surface area (Å²) in [6, 6.07) is 15.1. The van der Waals surface area contributed by atoms with Crippen molar-refractivity contribution >= 4 is 17.1 Å². The molecule has 1 heterocycles. The Morgan fingerprint density at radius 1 is 1.26 bits per heavy atom. The number of nitrogens with zero attached hydrogens (tertiary/aromatic N) is 3. The first kappa shape index (κ1) is 14.9. The largest absolute Gasteiger partial charge is 0.497 e. The van der Waals surface area contributed by atoms with Gasteiger partial charge in [0.15, 0.2) is 0 Å². The van der Waals surface area contributed by atoms with Crippen LogP contribution in [0.3, 0.4) is 0 Å². The van der Waals surface area contributed by atoms with Crippen LogP contribution in [0.15, 0.2) is 54.9 Å². The Bertz CT molecular complexity index is 828. The van der Waals surface area contributed by atoms with Gasteiger partial charge in [-0.15, -0.1) is 0 Å². The normalized spacial score (nSPS) is 10.5. The van der Waals surface area contributed by atoms with Crippen molar-refractivity contribution in [3.63, 3.8) is 0 Å². The lowest BCUT2D eigenvalue weighted by molar-refractivity contribution is 0.217. The van der Waals surface area contributed by atoms with E-state index >= 15 is 0 Å². The number of benzene rings is 2. The third-order valence-corrected chi connectivity index (χ3v) is 3.57. The molecule has 0 spiro atoms. The van der Waals surface area contributed by atoms with Gasteiger partial charge in [0.25, 0.3) is 0 Å². The van der Waals surface area contributed by atoms with Crippen molar-refractivity contribution in [2.75, 3.05) is 19.6 Å². The maximum absolute atomic E-state index is 12.3. The van der Waals surface area contributed by atoms with E-state index in [1.165, 1.54) is 0 Å². The molecule has 3 rings (SSSR count). The van der Waals surface area contributed by atoms with Gasteiger partial charge in [0.1, 0.15) is 12.1 Å². The second-order valence-corrected chi connectivity index (χ2v) is 5.23. The van der Waals surface area contributed by atoms with E-state index in [4.69, 9.17) is 4.74 Å². The molecule has 0 saturated heterocycles. The van der Waals surface area contributed by atoms with Gasteiger partial charge in [-0.05, 0) is 29.8 Å². The number of imidazole rings is 1. The highest BCUT2D eigenvalue weighted by Crippen LogP contribution is 2.14. The van der Waals surface area contributed by atoms with Crippen LogP contribution in [-0.2, 0) is 6.54 Å². The maximum atomic E-state index is 12.3. The van der Waals surface area contributed by atoms with Gasteiger partial charge in [-0.25, -0.2) is 19.9 Å². The predicted molar refractivity (Wildman–Crippen MR) is 89.0 cm³/mol. The average molecular weight is 310 g/mol. The fourth-order valence-corrected chi connectivity index (χ4v) is 2.35. The van der Waals surface area contributed by atoms with E-state index in [-0.39, 0.29) is 6.03 Å². The summed E-state index contributed by atoms with van der Waals surface area (Å²) in [7, 11) is 3.37. The molecular formula is C17H18N4O2. The molecule has 1 N–H and O–H groups in total. The van der Waals surface area contributed by atoms with Crippen molar-refractivity contribution in [2.45, 2.75) is 6.54 Å². The number of carbonyl (C=O) groups is 1. The summed E-state index contributed by atoms with van der Waals surface area (Å²) >= 11 is 0. The molecule has 3 aromatic rings. The number of urea groups is 1. The molecule has 0 aliphatic heterocycles. The summed E-state index contributed by atoms with van der Waals surface area (Å²) < 4.78 is 6.82. The van der Waals surface area contributed by atoms with E-state index in [1.807, 2.05) is 48.5 Å². The topological polar surface area (TPSA) is 59.4 Å². The number of aromatic nitrogens is 2. The van der Waals surface area contributed by atoms with Crippen LogP contribution in [0.2, 0.25) is 0 Å². The van der Waals surface area contributed by atoms with Gasteiger partial charge in [-0.1, -0.05) is 24.3 Å². The van der Waals surface area contributed by atoms with Gasteiger partial charge in [-0.3, -0.25) is 0 Å². The molecule has 0 atom stereocenters. The SMILES string of the molecule is COc1cccc(CN(C)C(=O)Nn2cnc3ccccc32)c1. The molecular weight excluding hydrogens is 292 g/mol. The van der Waals surface area contributed by atoms with Crippen LogP contribution >= 0.6 is 0 Å². The molecule has 6 heteroatoms. The fraction of sp³-hybridized carbons (Fsp3) is 0.176. The lowest BCUT2D eigenvalue weighted by atomic mass is 10.2. The first-order chi connectivity index (χ1) is 11.2. The average Bonchev–Trinajstić information content (AvgIpc) is 2.98. The molecule has 0 radical (unpaired) electrons. The minimum Gasteiger partial charge on any atom is -0.497 e. The smallest absolute Gasteiger partial charge is 0.336 e. The maximum Gasteiger partial charge on any atom is 0.336 e. The molecule has 0 saturated carbocycles. The van der Waals surface area contributed by atoms with Gasteiger partial charge < -0.3 is 9.64 Å². The van der Waals surface area contributed by atoms with Gasteiger partial charge >= 0.3 is 6.03 Å². The lowest BCUT2D eigenvalue weighted by Crippen LogP contribution is -2.35. The van der Waals surface area contributed by atoms with E-state index in [2.05, 4.69) is 10.4 Å². The van der Waals surface area contributed by atoms with Crippen molar-refractivity contribution in [3.05, 3.63) is 60.4 Å². The van der Waals surface area contributed by atoms with E-state index < -0.39 is 0 Å². The number of amides is 2. The van der Waals surface area contributed by atoms with Gasteiger partial charge in [0, 0.05) is 13.6 Å². The summed E-state index contributed by atoms with van der Waals surface area (Å²) in [4.78, 5) is 18.2. The second kappa shape index (κ2) is 6.39. The number of hydrogen-bond donors (Lipinski definition) is 1. The molecule has 6 nitrogen and oxygen atoms in total. The van der Waals surface area contributed by atoms with Crippen molar-refractivity contribution in [2.24, 2.45) is 0 Å². The Balaban J connectivity index is 1.70. The fourth-order valence-electron chi connectivity index (χ4n) is 2.35. The van der Waals surface area contributed by atoms with E-state index in [1.54, 1.807) is 30.1 Å². The van der Waals surface area contributed by atoms with Gasteiger partial charge in [-0.2, -0.15) is 0 Å². The molecule has 0 unspecified atom stereocenters. The molecule has 2 amide bonds. The van der Waals surface area contributed by atoms with E-state index in [0.29, 0.717) is 6.54 Å². The number of para-hydroxylation sites is 2. The number of carbonyl (C=O) groups excluding carboxylic acids is 1. The summed E-state index contributed by atoms with van der Waals surface area (Å²) in [6.45, 7) is 0.482. The van der Waals surface area contributed by atoms with Crippen molar-refractivity contribution < 1.29 is 9.53 Å². The summed E-state index contributed by atoms with van der Waals surface area (Å²) in [5.74, 6) is 0.775. The number of fused-ring (bicyclic) bond motifs is 1. The van der Waals surface area contributed by atoms with E-state index in [9.17, 15) is 4.79 Å². The molecule has 1 aromatic heterocycles. The quantitative estimate of drug-likeness (QED) is 0.806. The minimum atomic E-state index is -0.212. The highest BCUT2D eigenvalue weighted by atomic mass is 16.5. The Kier molecular flexibility index (Phi) is 4.14. The van der Waals surface area contributed by atoms with Crippen molar-refractivity contribution in [1.29, 1.82) is 0 Å². The third kappa shape index (κ3) is 3.26. The summed E-state index contributed by atoms with van der Waals surface area (Å²) in [5, 5.41) is 0. The monoisotopic (exact) mass is 310 g/mol. The molecule has 0 bridgehead atoms. The summed E-state index contributed by atoms with van der Waals surface area (Å²) in [5.41, 5.74) is 5.51. The Labute approximate surface area is 134 Å². The number of methoxy groups -OCH3 is 1. The van der Waals surface area contributed by atoms with Crippen LogP contribution in [0.4, 0.5) is 4.79 Å². The predicted octanol–water partition coefficient (Wildman–Crippen LogP) is 2.84. The Morgan fingerprint density at radius 2 is 2.09 bits per heavy atom. The van der Waals surface area contributed by atoms with Gasteiger partial charge in [0.05, 0.1) is 18.1 Å². The first-order valence-electron chi connectivity index (χ1n) is 7.24. The van der Waals surface area contributed by atoms with E-state index in [0.717, 1.165) is 22.3 Å². The van der Waals surface area contributed by atoms with Crippen LogP contribution < -0.4 is 10.2 Å². The highest BCUT2D eigenvalue weighted by molar-refractivity contribution is 5.84. The number of nitrogens with one attached hydrogen (secondary N) is 1. The van der Waals surface area contributed by atoms with Crippen molar-refractivity contribution in [3.8, 4) is 5.75 Å². The van der Waals surface area contributed by atoms with Crippen LogP contribution in [-0.4, -0.2) is 34.7 Å². The van der Waals surface area contributed by atoms with Crippen LogP contribution in [0.25, 0.3) is 11.0 Å². The van der Waals surface area contributed by atoms with Crippen LogP contribution in [0.1, 0.15) is 5.56 Å². The van der Waals surface area contributed by atoms with Gasteiger partial charge in [0.2, 0.25) is 0 Å². The molecule has 0 fully saturated rings. The summed E-state index contributed by atoms with van der Waals surface area (Å²) in [6.07, 6.45) is 1.60. The Hall–Kier alpha value is -3.02. The number of hydrogen-bond acceptors (Lipinski definition) is 3. The molecule has 23 heavy (non-hydrogen) atoms. The highest BCUT2D eigenvalue weighted by Gasteiger charge is 2.11. The molecule has 2 aromatic carbocycles. The zero-order valence-corrected chi connectivity index (χ0v) is 13.1. The van der Waals surface area contributed by atoms with Crippen LogP contribution in [0.5, 0.6) is 5.75 Å². The standard InChI is InChI=1S/C17H18N4O2/c1-20(11-13-6-5-7-14(10-13)23-2)17(22)19-21-12-18-15-8-3-4-9-16(15)21/h3-10,12H,11H2,1-2H3,(H,19,22). The zero-order chi connectivity index (χ0) is 16.2. The second-order valence-electron chi connectivity index (χ2n) is 5.23. The minimum absolute atomic E-state index is 0.212. The lowest BCUT2D eigenvalue weighted by Gasteiger charge is -2.19. The molecule has 0 aliphatic carbocycles. The zero-order valence-electron chi connectivity index (χ0n) is 13.1. The van der Waals surface area contributed by atoms with Crippen molar-refractivity contribution in [1.82, 2.24) is 14.6 Å². The number of rotatable bonds is 4. The molecule has 0 aliphatic rings. The Morgan fingerprint density at radius 3 is 2.91 bits per heavy atom. The molecule has 118 valence electrons. The first-order valence-corrected chi connectivity index (χ1v) is 7.24. The number of ether oxygens (including phenoxy) is 1.